The minimum absolute atomic E-state index is 0.0495. The fourth-order valence-corrected chi connectivity index (χ4v) is 4.92. The highest BCUT2D eigenvalue weighted by Crippen LogP contribution is 2.44. The number of nitrogens with one attached hydrogen (secondary N) is 1. The van der Waals surface area contributed by atoms with E-state index in [1.165, 1.54) is 0 Å². The van der Waals surface area contributed by atoms with E-state index in [4.69, 9.17) is 4.74 Å². The number of ether oxygens (including phenoxy) is 1. The monoisotopic (exact) mass is 486 g/mol. The van der Waals surface area contributed by atoms with Crippen molar-refractivity contribution in [3.63, 3.8) is 0 Å². The Balaban J connectivity index is 1.23. The first-order chi connectivity index (χ1) is 16.7. The van der Waals surface area contributed by atoms with E-state index in [-0.39, 0.29) is 19.1 Å². The van der Waals surface area contributed by atoms with E-state index in [0.717, 1.165) is 27.2 Å². The van der Waals surface area contributed by atoms with Crippen LogP contribution in [0.1, 0.15) is 43.2 Å². The molecular weight excluding hydrogens is 458 g/mol. The highest BCUT2D eigenvalue weighted by Gasteiger charge is 2.50. The topological polar surface area (TPSA) is 95.9 Å². The number of carboxylic acids is 1. The Kier molecular flexibility index (Phi) is 7.05. The summed E-state index contributed by atoms with van der Waals surface area (Å²) < 4.78 is 32.8. The smallest absolute Gasteiger partial charge is 0.407 e. The summed E-state index contributed by atoms with van der Waals surface area (Å²) in [6.45, 7) is 1.12. The van der Waals surface area contributed by atoms with Crippen LogP contribution in [0.3, 0.4) is 0 Å². The van der Waals surface area contributed by atoms with Gasteiger partial charge in [-0.15, -0.1) is 0 Å². The number of alkyl carbamates (subject to hydrolysis) is 1. The molecule has 2 aromatic carbocycles. The van der Waals surface area contributed by atoms with Gasteiger partial charge < -0.3 is 20.1 Å². The van der Waals surface area contributed by atoms with Crippen molar-refractivity contribution >= 4 is 18.0 Å². The summed E-state index contributed by atoms with van der Waals surface area (Å²) in [6, 6.07) is 14.5. The third kappa shape index (κ3) is 5.28. The maximum Gasteiger partial charge on any atom is 0.407 e. The Morgan fingerprint density at radius 2 is 1.71 bits per heavy atom. The number of carboxylic acid groups (broad SMARTS) is 1. The largest absolute Gasteiger partial charge is 0.480 e. The Labute approximate surface area is 202 Å². The van der Waals surface area contributed by atoms with Gasteiger partial charge in [0.1, 0.15) is 12.6 Å². The van der Waals surface area contributed by atoms with Crippen LogP contribution < -0.4 is 5.32 Å². The van der Waals surface area contributed by atoms with Crippen molar-refractivity contribution in [2.45, 2.75) is 44.1 Å². The number of rotatable bonds is 8. The molecule has 1 aliphatic heterocycles. The van der Waals surface area contributed by atoms with Gasteiger partial charge in [0.05, 0.1) is 6.54 Å². The average molecular weight is 487 g/mol. The second-order valence-electron chi connectivity index (χ2n) is 9.18. The number of alkyl halides is 2. The molecule has 9 heteroatoms. The molecule has 0 aromatic heterocycles. The SMILES string of the molecule is CC(CCCNC(=O)OCC1c2ccccc2-c2ccccc21)C(=O)N1CC(F)(F)CC1C(=O)O. The molecule has 7 nitrogen and oxygen atoms in total. The zero-order valence-corrected chi connectivity index (χ0v) is 19.4. The van der Waals surface area contributed by atoms with Crippen LogP contribution in [-0.4, -0.2) is 59.6 Å². The molecular formula is C26H28F2N2O5. The Morgan fingerprint density at radius 3 is 2.31 bits per heavy atom. The first-order valence-electron chi connectivity index (χ1n) is 11.7. The van der Waals surface area contributed by atoms with Gasteiger partial charge >= 0.3 is 12.1 Å². The molecule has 2 N–H and O–H groups in total. The van der Waals surface area contributed by atoms with Crippen LogP contribution in [0.4, 0.5) is 13.6 Å². The van der Waals surface area contributed by atoms with Crippen LogP contribution in [0.5, 0.6) is 0 Å². The van der Waals surface area contributed by atoms with E-state index < -0.39 is 48.8 Å². The summed E-state index contributed by atoms with van der Waals surface area (Å²) in [5, 5.41) is 11.8. The molecule has 2 aliphatic rings. The molecule has 1 aliphatic carbocycles. The van der Waals surface area contributed by atoms with E-state index >= 15 is 0 Å². The molecule has 0 radical (unpaired) electrons. The summed E-state index contributed by atoms with van der Waals surface area (Å²) >= 11 is 0. The number of nitrogens with zero attached hydrogens (tertiary/aromatic N) is 1. The zero-order chi connectivity index (χ0) is 25.2. The summed E-state index contributed by atoms with van der Waals surface area (Å²) in [6.07, 6.45) is -0.712. The Morgan fingerprint density at radius 1 is 1.11 bits per heavy atom. The van der Waals surface area contributed by atoms with E-state index in [9.17, 15) is 28.3 Å². The normalized spacial score (nSPS) is 19.1. The molecule has 0 saturated carbocycles. The van der Waals surface area contributed by atoms with Crippen molar-refractivity contribution < 1.29 is 33.0 Å². The lowest BCUT2D eigenvalue weighted by Gasteiger charge is -2.24. The van der Waals surface area contributed by atoms with Crippen LogP contribution in [-0.2, 0) is 14.3 Å². The average Bonchev–Trinajstić information content (AvgIpc) is 3.34. The number of hydrogen-bond donors (Lipinski definition) is 2. The van der Waals surface area contributed by atoms with Crippen molar-refractivity contribution in [2.24, 2.45) is 5.92 Å². The third-order valence-corrected chi connectivity index (χ3v) is 6.69. The molecule has 35 heavy (non-hydrogen) atoms. The van der Waals surface area contributed by atoms with Crippen molar-refractivity contribution in [3.05, 3.63) is 59.7 Å². The van der Waals surface area contributed by atoms with Gasteiger partial charge in [-0.05, 0) is 35.1 Å². The number of amides is 2. The molecule has 1 heterocycles. The van der Waals surface area contributed by atoms with Crippen molar-refractivity contribution in [1.82, 2.24) is 10.2 Å². The molecule has 2 atom stereocenters. The maximum atomic E-state index is 13.7. The number of hydrogen-bond acceptors (Lipinski definition) is 4. The second-order valence-corrected chi connectivity index (χ2v) is 9.18. The number of aliphatic carboxylic acids is 1. The van der Waals surface area contributed by atoms with E-state index in [1.54, 1.807) is 6.92 Å². The van der Waals surface area contributed by atoms with Gasteiger partial charge in [0.25, 0.3) is 5.92 Å². The molecule has 0 spiro atoms. The number of likely N-dealkylation sites (tertiary alicyclic amines) is 1. The fourth-order valence-electron chi connectivity index (χ4n) is 4.92. The molecule has 2 amide bonds. The number of fused-ring (bicyclic) bond motifs is 3. The van der Waals surface area contributed by atoms with Crippen LogP contribution in [0.25, 0.3) is 11.1 Å². The van der Waals surface area contributed by atoms with E-state index in [2.05, 4.69) is 17.4 Å². The summed E-state index contributed by atoms with van der Waals surface area (Å²) in [5.41, 5.74) is 4.50. The Bertz CT molecular complexity index is 1080. The summed E-state index contributed by atoms with van der Waals surface area (Å²) in [5.74, 6) is -5.94. The lowest BCUT2D eigenvalue weighted by atomic mass is 9.98. The summed E-state index contributed by atoms with van der Waals surface area (Å²) in [4.78, 5) is 36.8. The van der Waals surface area contributed by atoms with E-state index in [1.807, 2.05) is 36.4 Å². The fraction of sp³-hybridized carbons (Fsp3) is 0.423. The van der Waals surface area contributed by atoms with Crippen molar-refractivity contribution in [3.8, 4) is 11.1 Å². The van der Waals surface area contributed by atoms with Crippen LogP contribution in [0.15, 0.2) is 48.5 Å². The predicted octanol–water partition coefficient (Wildman–Crippen LogP) is 4.26. The molecule has 2 aromatic rings. The highest BCUT2D eigenvalue weighted by atomic mass is 19.3. The van der Waals surface area contributed by atoms with Gasteiger partial charge in [-0.25, -0.2) is 18.4 Å². The standard InChI is InChI=1S/C26H28F2N2O5/c1-16(23(31)30-15-26(27,28)13-22(30)24(32)33)7-6-12-29-25(34)35-14-21-19-10-4-2-8-17(19)18-9-3-5-11-20(18)21/h2-5,8-11,16,21-22H,6-7,12-15H2,1H3,(H,29,34)(H,32,33). The van der Waals surface area contributed by atoms with E-state index in [0.29, 0.717) is 12.8 Å². The molecule has 1 saturated heterocycles. The lowest BCUT2D eigenvalue weighted by Crippen LogP contribution is -2.43. The third-order valence-electron chi connectivity index (χ3n) is 6.69. The van der Waals surface area contributed by atoms with Crippen molar-refractivity contribution in [2.75, 3.05) is 19.7 Å². The Hall–Kier alpha value is -3.49. The van der Waals surface area contributed by atoms with Crippen LogP contribution >= 0.6 is 0 Å². The minimum Gasteiger partial charge on any atom is -0.480 e. The van der Waals surface area contributed by atoms with Crippen LogP contribution in [0.2, 0.25) is 0 Å². The number of carbonyl (C=O) groups excluding carboxylic acids is 2. The van der Waals surface area contributed by atoms with Crippen molar-refractivity contribution in [1.29, 1.82) is 0 Å². The van der Waals surface area contributed by atoms with Gasteiger partial charge in [0, 0.05) is 24.8 Å². The lowest BCUT2D eigenvalue weighted by molar-refractivity contribution is -0.149. The molecule has 0 bridgehead atoms. The minimum atomic E-state index is -3.20. The van der Waals surface area contributed by atoms with Gasteiger partial charge in [-0.1, -0.05) is 55.5 Å². The van der Waals surface area contributed by atoms with Gasteiger partial charge in [-0.3, -0.25) is 4.79 Å². The maximum absolute atomic E-state index is 13.7. The first kappa shape index (κ1) is 24.6. The highest BCUT2D eigenvalue weighted by molar-refractivity contribution is 5.86. The summed E-state index contributed by atoms with van der Waals surface area (Å²) in [7, 11) is 0. The van der Waals surface area contributed by atoms with Crippen LogP contribution in [0, 0.1) is 5.92 Å². The first-order valence-corrected chi connectivity index (χ1v) is 11.7. The number of benzene rings is 2. The molecule has 186 valence electrons. The molecule has 4 rings (SSSR count). The quantitative estimate of drug-likeness (QED) is 0.544. The van der Waals surface area contributed by atoms with Gasteiger partial charge in [0.2, 0.25) is 5.91 Å². The number of halogens is 2. The number of carbonyl (C=O) groups is 3. The molecule has 2 unspecified atom stereocenters. The zero-order valence-electron chi connectivity index (χ0n) is 19.4. The predicted molar refractivity (Wildman–Crippen MR) is 124 cm³/mol. The van der Waals surface area contributed by atoms with Gasteiger partial charge in [-0.2, -0.15) is 0 Å². The van der Waals surface area contributed by atoms with Gasteiger partial charge in [0.15, 0.2) is 0 Å². The molecule has 1 fully saturated rings. The second kappa shape index (κ2) is 10.0.